The fourth-order valence-electron chi connectivity index (χ4n) is 2.92. The highest BCUT2D eigenvalue weighted by molar-refractivity contribution is 5.82. The highest BCUT2D eigenvalue weighted by Gasteiger charge is 2.00. The number of hydrogen-bond donors (Lipinski definition) is 0. The summed E-state index contributed by atoms with van der Waals surface area (Å²) in [6.07, 6.45) is 7.33. The molecule has 5 rings (SSSR count). The van der Waals surface area contributed by atoms with Crippen molar-refractivity contribution in [1.29, 1.82) is 0 Å². The highest BCUT2D eigenvalue weighted by atomic mass is 14.0. The van der Waals surface area contributed by atoms with E-state index in [9.17, 15) is 0 Å². The summed E-state index contributed by atoms with van der Waals surface area (Å²) >= 11 is 0. The summed E-state index contributed by atoms with van der Waals surface area (Å²) in [6.45, 7) is 3.63. The van der Waals surface area contributed by atoms with E-state index in [1.165, 1.54) is 27.5 Å². The molecule has 0 heterocycles. The molecule has 1 aliphatic rings. The lowest BCUT2D eigenvalue weighted by Crippen LogP contribution is -1.76. The Morgan fingerprint density at radius 2 is 1.11 bits per heavy atom. The monoisotopic (exact) mass is 348 g/mol. The van der Waals surface area contributed by atoms with Gasteiger partial charge in [0.2, 0.25) is 0 Å². The lowest BCUT2D eigenvalue weighted by atomic mass is 10.1. The quantitative estimate of drug-likeness (QED) is 0.335. The molecule has 0 fully saturated rings. The maximum Gasteiger partial charge on any atom is -0.00882 e. The molecule has 0 aromatic heterocycles. The molecule has 0 saturated carbocycles. The van der Waals surface area contributed by atoms with Gasteiger partial charge in [-0.25, -0.2) is 0 Å². The van der Waals surface area contributed by atoms with E-state index in [0.717, 1.165) is 6.42 Å². The molecule has 4 aromatic carbocycles. The molecule has 0 radical (unpaired) electrons. The van der Waals surface area contributed by atoms with Gasteiger partial charge >= 0.3 is 0 Å². The molecule has 1 aliphatic carbocycles. The third kappa shape index (κ3) is 5.55. The van der Waals surface area contributed by atoms with Crippen molar-refractivity contribution in [2.45, 2.75) is 6.42 Å². The van der Waals surface area contributed by atoms with Crippen molar-refractivity contribution < 1.29 is 0 Å². The second kappa shape index (κ2) is 9.94. The van der Waals surface area contributed by atoms with Crippen LogP contribution in [0.25, 0.3) is 22.9 Å². The van der Waals surface area contributed by atoms with Crippen LogP contribution in [0.2, 0.25) is 0 Å². The van der Waals surface area contributed by atoms with Crippen LogP contribution < -0.4 is 0 Å². The summed E-state index contributed by atoms with van der Waals surface area (Å²) in [5, 5.41) is 2.62. The number of hydrogen-bond acceptors (Lipinski definition) is 0. The van der Waals surface area contributed by atoms with E-state index in [1.807, 2.05) is 36.4 Å². The van der Waals surface area contributed by atoms with Crippen molar-refractivity contribution >= 4 is 22.9 Å². The molecule has 4 aromatic rings. The first-order valence-electron chi connectivity index (χ1n) is 9.22. The lowest BCUT2D eigenvalue weighted by molar-refractivity contribution is 1.31. The van der Waals surface area contributed by atoms with Gasteiger partial charge < -0.3 is 0 Å². The van der Waals surface area contributed by atoms with Crippen molar-refractivity contribution in [1.82, 2.24) is 0 Å². The largest absolute Gasteiger partial charge is 0.0985 e. The summed E-state index contributed by atoms with van der Waals surface area (Å²) < 4.78 is 0. The van der Waals surface area contributed by atoms with Crippen molar-refractivity contribution in [3.8, 4) is 0 Å². The maximum absolute atomic E-state index is 3.63. The first-order chi connectivity index (χ1) is 13.4. The van der Waals surface area contributed by atoms with Crippen LogP contribution in [-0.4, -0.2) is 0 Å². The predicted octanol–water partition coefficient (Wildman–Crippen LogP) is 7.43. The third-order valence-electron chi connectivity index (χ3n) is 4.38. The van der Waals surface area contributed by atoms with Crippen LogP contribution in [-0.2, 0) is 6.42 Å². The Kier molecular flexibility index (Phi) is 6.78. The summed E-state index contributed by atoms with van der Waals surface area (Å²) in [4.78, 5) is 0. The molecule has 0 saturated heterocycles. The Morgan fingerprint density at radius 1 is 0.593 bits per heavy atom. The molecule has 0 amide bonds. The standard InChI is InChI=1S/C10H8.C9H8.C8H8/c1-2-6-10-8-4-3-7-9(10)5-1;1-2-5-9-7-3-6-8(9)4-1;1-2-8-6-4-3-5-7-8/h1-8H;1-6H,7H2;2-7H,1H2. The first-order valence-corrected chi connectivity index (χ1v) is 9.22. The molecule has 0 N–H and O–H groups in total. The van der Waals surface area contributed by atoms with Gasteiger partial charge in [-0.05, 0) is 33.9 Å². The van der Waals surface area contributed by atoms with Crippen LogP contribution in [0.1, 0.15) is 16.7 Å². The smallest absolute Gasteiger partial charge is 0.00882 e. The molecule has 0 heteroatoms. The maximum atomic E-state index is 3.63. The van der Waals surface area contributed by atoms with Crippen molar-refractivity contribution in [3.05, 3.63) is 132 Å². The minimum atomic E-state index is 1.12. The zero-order valence-corrected chi connectivity index (χ0v) is 15.5. The molecule has 0 aliphatic heterocycles. The van der Waals surface area contributed by atoms with E-state index < -0.39 is 0 Å². The molecular formula is C27H24. The van der Waals surface area contributed by atoms with E-state index in [0.29, 0.717) is 0 Å². The molecule has 0 atom stereocenters. The van der Waals surface area contributed by atoms with Crippen LogP contribution in [0.15, 0.2) is 116 Å². The van der Waals surface area contributed by atoms with Crippen LogP contribution in [0.3, 0.4) is 0 Å². The van der Waals surface area contributed by atoms with Gasteiger partial charge in [0.05, 0.1) is 0 Å². The first kappa shape index (κ1) is 18.4. The highest BCUT2D eigenvalue weighted by Crippen LogP contribution is 2.17. The van der Waals surface area contributed by atoms with Crippen LogP contribution >= 0.6 is 0 Å². The molecule has 0 nitrogen and oxygen atoms in total. The van der Waals surface area contributed by atoms with Crippen molar-refractivity contribution in [2.75, 3.05) is 0 Å². The van der Waals surface area contributed by atoms with E-state index >= 15 is 0 Å². The topological polar surface area (TPSA) is 0 Å². The summed E-state index contributed by atoms with van der Waals surface area (Å²) in [5.74, 6) is 0. The Balaban J connectivity index is 0.000000118. The summed E-state index contributed by atoms with van der Waals surface area (Å²) in [7, 11) is 0. The van der Waals surface area contributed by atoms with Crippen molar-refractivity contribution in [2.24, 2.45) is 0 Å². The fourth-order valence-corrected chi connectivity index (χ4v) is 2.92. The number of fused-ring (bicyclic) bond motifs is 2. The van der Waals surface area contributed by atoms with E-state index in [4.69, 9.17) is 0 Å². The molecule has 0 bridgehead atoms. The summed E-state index contributed by atoms with van der Waals surface area (Å²) in [6, 6.07) is 35.2. The molecule has 27 heavy (non-hydrogen) atoms. The predicted molar refractivity (Wildman–Crippen MR) is 120 cm³/mol. The van der Waals surface area contributed by atoms with E-state index in [1.54, 1.807) is 0 Å². The minimum absolute atomic E-state index is 1.12. The van der Waals surface area contributed by atoms with Gasteiger partial charge in [0, 0.05) is 0 Å². The Hall–Kier alpha value is -3.38. The average Bonchev–Trinajstić information content (AvgIpc) is 3.24. The third-order valence-corrected chi connectivity index (χ3v) is 4.38. The number of rotatable bonds is 1. The Morgan fingerprint density at radius 3 is 1.63 bits per heavy atom. The summed E-state index contributed by atoms with van der Waals surface area (Å²) in [5.41, 5.74) is 4.02. The van der Waals surface area contributed by atoms with Crippen LogP contribution in [0.4, 0.5) is 0 Å². The molecule has 0 spiro atoms. The van der Waals surface area contributed by atoms with Crippen LogP contribution in [0, 0.1) is 0 Å². The second-order valence-electron chi connectivity index (χ2n) is 6.27. The van der Waals surface area contributed by atoms with Gasteiger partial charge in [-0.3, -0.25) is 0 Å². The fraction of sp³-hybridized carbons (Fsp3) is 0.0370. The number of allylic oxidation sites excluding steroid dienone is 1. The van der Waals surface area contributed by atoms with Gasteiger partial charge in [-0.1, -0.05) is 128 Å². The Bertz CT molecular complexity index is 945. The molecular weight excluding hydrogens is 324 g/mol. The SMILES string of the molecule is C1=Cc2ccccc2C1.C=Cc1ccccc1.c1ccc2ccccc2c1. The van der Waals surface area contributed by atoms with Gasteiger partial charge in [-0.2, -0.15) is 0 Å². The van der Waals surface area contributed by atoms with Gasteiger partial charge in [-0.15, -0.1) is 0 Å². The zero-order chi connectivity index (χ0) is 18.7. The normalized spacial score (nSPS) is 10.8. The zero-order valence-electron chi connectivity index (χ0n) is 15.5. The Labute approximate surface area is 162 Å². The van der Waals surface area contributed by atoms with Crippen LogP contribution in [0.5, 0.6) is 0 Å². The van der Waals surface area contributed by atoms with Crippen molar-refractivity contribution in [3.63, 3.8) is 0 Å². The lowest BCUT2D eigenvalue weighted by Gasteiger charge is -1.93. The second-order valence-corrected chi connectivity index (χ2v) is 6.27. The average molecular weight is 348 g/mol. The number of benzene rings is 4. The van der Waals surface area contributed by atoms with Gasteiger partial charge in [0.15, 0.2) is 0 Å². The van der Waals surface area contributed by atoms with Gasteiger partial charge in [0.1, 0.15) is 0 Å². The van der Waals surface area contributed by atoms with Gasteiger partial charge in [0.25, 0.3) is 0 Å². The minimum Gasteiger partial charge on any atom is -0.0985 e. The van der Waals surface area contributed by atoms with E-state index in [2.05, 4.69) is 91.5 Å². The molecule has 0 unspecified atom stereocenters. The molecule has 132 valence electrons. The van der Waals surface area contributed by atoms with E-state index in [-0.39, 0.29) is 0 Å².